The van der Waals surface area contributed by atoms with Crippen molar-refractivity contribution in [2.24, 2.45) is 11.1 Å². The van der Waals surface area contributed by atoms with Gasteiger partial charge in [0.25, 0.3) is 0 Å². The lowest BCUT2D eigenvalue weighted by Gasteiger charge is -2.21. The van der Waals surface area contributed by atoms with Crippen LogP contribution in [0, 0.1) is 5.41 Å². The minimum atomic E-state index is -4.64. The third kappa shape index (κ3) is 28.9. The molecule has 0 saturated heterocycles. The summed E-state index contributed by atoms with van der Waals surface area (Å²) in [7, 11) is -4.64. The number of rotatable bonds is 11. The zero-order valence-corrected chi connectivity index (χ0v) is 14.9. The van der Waals surface area contributed by atoms with Crippen LogP contribution in [0.3, 0.4) is 0 Å². The maximum Gasteiger partial charge on any atom is 0.466 e. The van der Waals surface area contributed by atoms with Gasteiger partial charge in [-0.25, -0.2) is 4.57 Å². The van der Waals surface area contributed by atoms with Gasteiger partial charge in [-0.2, -0.15) is 0 Å². The molecule has 21 heavy (non-hydrogen) atoms. The highest BCUT2D eigenvalue weighted by molar-refractivity contribution is 7.45. The van der Waals surface area contributed by atoms with Crippen molar-refractivity contribution in [1.82, 2.24) is 0 Å². The highest BCUT2D eigenvalue weighted by atomic mass is 31.2. The van der Waals surface area contributed by atoms with Crippen molar-refractivity contribution >= 4 is 7.82 Å². The minimum absolute atomic E-state index is 0.362. The van der Waals surface area contributed by atoms with Crippen LogP contribution >= 0.6 is 7.82 Å². The molecule has 6 heteroatoms. The van der Waals surface area contributed by atoms with E-state index < -0.39 is 7.82 Å². The van der Waals surface area contributed by atoms with Gasteiger partial charge in [-0.15, -0.1) is 0 Å². The Labute approximate surface area is 130 Å². The molecule has 0 atom stereocenters. The lowest BCUT2D eigenvalue weighted by atomic mass is 9.87. The molecule has 0 amide bonds. The van der Waals surface area contributed by atoms with Gasteiger partial charge in [0.1, 0.15) is 0 Å². The fourth-order valence-electron chi connectivity index (χ4n) is 2.02. The van der Waals surface area contributed by atoms with E-state index in [1.807, 2.05) is 0 Å². The van der Waals surface area contributed by atoms with Gasteiger partial charge in [0.05, 0.1) is 0 Å². The summed E-state index contributed by atoms with van der Waals surface area (Å²) in [5, 5.41) is 0. The van der Waals surface area contributed by atoms with Crippen LogP contribution in [0.25, 0.3) is 0 Å². The Kier molecular flexibility index (Phi) is 15.2. The fourth-order valence-corrected chi connectivity index (χ4v) is 2.02. The van der Waals surface area contributed by atoms with E-state index in [1.165, 1.54) is 64.2 Å². The normalized spacial score (nSPS) is 12.0. The van der Waals surface area contributed by atoms with Crippen LogP contribution in [-0.4, -0.2) is 21.2 Å². The summed E-state index contributed by atoms with van der Waals surface area (Å²) in [5.41, 5.74) is 6.08. The van der Waals surface area contributed by atoms with Crippen molar-refractivity contribution in [1.29, 1.82) is 0 Å². The molecule has 0 aliphatic rings. The first-order valence-electron chi connectivity index (χ1n) is 8.11. The van der Waals surface area contributed by atoms with Crippen LogP contribution in [0.5, 0.6) is 0 Å². The van der Waals surface area contributed by atoms with Gasteiger partial charge >= 0.3 is 7.82 Å². The zero-order chi connectivity index (χ0) is 16.8. The van der Waals surface area contributed by atoms with Crippen molar-refractivity contribution in [3.05, 3.63) is 0 Å². The first-order valence-corrected chi connectivity index (χ1v) is 9.67. The molecule has 0 aromatic carbocycles. The molecule has 0 aliphatic heterocycles. The predicted octanol–water partition coefficient (Wildman–Crippen LogP) is 3.96. The van der Waals surface area contributed by atoms with E-state index in [-0.39, 0.29) is 0 Å². The van der Waals surface area contributed by atoms with E-state index in [0.29, 0.717) is 5.41 Å². The molecular formula is C15H36NO4P. The Morgan fingerprint density at radius 1 is 0.857 bits per heavy atom. The average Bonchev–Trinajstić information content (AvgIpc) is 2.35. The third-order valence-corrected chi connectivity index (χ3v) is 3.51. The SMILES string of the molecule is CCCCCCCCCCCC(C)(C)CN.O=P(O)(O)O. The number of hydrogen-bond donors (Lipinski definition) is 4. The molecule has 0 aromatic heterocycles. The van der Waals surface area contributed by atoms with Crippen molar-refractivity contribution in [3.63, 3.8) is 0 Å². The molecule has 5 N–H and O–H groups in total. The summed E-state index contributed by atoms with van der Waals surface area (Å²) in [4.78, 5) is 21.6. The molecule has 0 fully saturated rings. The quantitative estimate of drug-likeness (QED) is 0.340. The Bertz CT molecular complexity index is 258. The van der Waals surface area contributed by atoms with Crippen LogP contribution in [-0.2, 0) is 4.57 Å². The predicted molar refractivity (Wildman–Crippen MR) is 88.9 cm³/mol. The monoisotopic (exact) mass is 325 g/mol. The Morgan fingerprint density at radius 3 is 1.52 bits per heavy atom. The maximum absolute atomic E-state index is 8.88. The van der Waals surface area contributed by atoms with E-state index in [1.54, 1.807) is 0 Å². The maximum atomic E-state index is 8.88. The summed E-state index contributed by atoms with van der Waals surface area (Å²) < 4.78 is 8.88. The van der Waals surface area contributed by atoms with Crippen LogP contribution < -0.4 is 5.73 Å². The van der Waals surface area contributed by atoms with Gasteiger partial charge in [0, 0.05) is 0 Å². The molecule has 0 aliphatic carbocycles. The van der Waals surface area contributed by atoms with Gasteiger partial charge in [-0.1, -0.05) is 78.6 Å². The number of phosphoric acid groups is 1. The van der Waals surface area contributed by atoms with Gasteiger partial charge in [0.15, 0.2) is 0 Å². The van der Waals surface area contributed by atoms with E-state index in [4.69, 9.17) is 25.0 Å². The van der Waals surface area contributed by atoms with E-state index in [9.17, 15) is 0 Å². The van der Waals surface area contributed by atoms with E-state index in [0.717, 1.165) is 6.54 Å². The van der Waals surface area contributed by atoms with Gasteiger partial charge < -0.3 is 20.4 Å². The molecule has 130 valence electrons. The second-order valence-corrected chi connectivity index (χ2v) is 7.49. The molecule has 0 bridgehead atoms. The van der Waals surface area contributed by atoms with Crippen molar-refractivity contribution in [3.8, 4) is 0 Å². The smallest absolute Gasteiger partial charge is 0.330 e. The van der Waals surface area contributed by atoms with Crippen LogP contribution in [0.2, 0.25) is 0 Å². The summed E-state index contributed by atoms with van der Waals surface area (Å²) in [6.45, 7) is 7.65. The molecule has 0 saturated carbocycles. The van der Waals surface area contributed by atoms with Gasteiger partial charge in [-0.3, -0.25) is 0 Å². The molecule has 0 heterocycles. The Morgan fingerprint density at radius 2 is 1.19 bits per heavy atom. The molecule has 0 rings (SSSR count). The van der Waals surface area contributed by atoms with Crippen LogP contribution in [0.4, 0.5) is 0 Å². The van der Waals surface area contributed by atoms with Gasteiger partial charge in [-0.05, 0) is 18.4 Å². The first kappa shape index (κ1) is 23.3. The van der Waals surface area contributed by atoms with E-state index in [2.05, 4.69) is 20.8 Å². The first-order chi connectivity index (χ1) is 9.62. The van der Waals surface area contributed by atoms with Gasteiger partial charge in [0.2, 0.25) is 0 Å². The Balaban J connectivity index is 0. The minimum Gasteiger partial charge on any atom is -0.330 e. The molecule has 0 aromatic rings. The summed E-state index contributed by atoms with van der Waals surface area (Å²) >= 11 is 0. The van der Waals surface area contributed by atoms with Crippen molar-refractivity contribution < 1.29 is 19.2 Å². The van der Waals surface area contributed by atoms with Crippen molar-refractivity contribution in [2.45, 2.75) is 85.0 Å². The lowest BCUT2D eigenvalue weighted by molar-refractivity contribution is 0.275. The zero-order valence-electron chi connectivity index (χ0n) is 14.1. The molecule has 0 spiro atoms. The second kappa shape index (κ2) is 13.7. The average molecular weight is 325 g/mol. The van der Waals surface area contributed by atoms with Crippen molar-refractivity contribution in [2.75, 3.05) is 6.54 Å². The molecule has 5 nitrogen and oxygen atoms in total. The number of unbranched alkanes of at least 4 members (excludes halogenated alkanes) is 8. The second-order valence-electron chi connectivity index (χ2n) is 6.46. The highest BCUT2D eigenvalue weighted by Crippen LogP contribution is 2.25. The highest BCUT2D eigenvalue weighted by Gasteiger charge is 2.13. The molecule has 0 radical (unpaired) electrons. The third-order valence-electron chi connectivity index (χ3n) is 3.51. The molecule has 0 unspecified atom stereocenters. The van der Waals surface area contributed by atoms with E-state index >= 15 is 0 Å². The van der Waals surface area contributed by atoms with Crippen LogP contribution in [0.1, 0.15) is 85.0 Å². The van der Waals surface area contributed by atoms with Crippen LogP contribution in [0.15, 0.2) is 0 Å². The number of nitrogens with two attached hydrogens (primary N) is 1. The lowest BCUT2D eigenvalue weighted by Crippen LogP contribution is -2.23. The topological polar surface area (TPSA) is 104 Å². The standard InChI is InChI=1S/C15H33N.H3O4P/c1-4-5-6-7-8-9-10-11-12-13-15(2,3)14-16;1-5(2,3)4/h4-14,16H2,1-3H3;(H3,1,2,3,4). The summed E-state index contributed by atoms with van der Waals surface area (Å²) in [6, 6.07) is 0. The summed E-state index contributed by atoms with van der Waals surface area (Å²) in [6.07, 6.45) is 14.0. The summed E-state index contributed by atoms with van der Waals surface area (Å²) in [5.74, 6) is 0. The largest absolute Gasteiger partial charge is 0.466 e. The Hall–Kier alpha value is 0.0700. The molecular weight excluding hydrogens is 289 g/mol. The fraction of sp³-hybridized carbons (Fsp3) is 1.00. The number of hydrogen-bond acceptors (Lipinski definition) is 2.